The normalized spacial score (nSPS) is 13.4. The molecule has 1 aliphatic heterocycles. The van der Waals surface area contributed by atoms with E-state index < -0.39 is 0 Å². The van der Waals surface area contributed by atoms with Crippen LogP contribution in [0.4, 0.5) is 0 Å². The van der Waals surface area contributed by atoms with Gasteiger partial charge in [0.05, 0.1) is 16.7 Å². The van der Waals surface area contributed by atoms with Crippen molar-refractivity contribution >= 4 is 22.8 Å². The Labute approximate surface area is 254 Å². The molecule has 0 radical (unpaired) electrons. The Hall–Kier alpha value is -5.07. The van der Waals surface area contributed by atoms with E-state index in [4.69, 9.17) is 19.9 Å². The minimum atomic E-state index is -0.186. The molecule has 6 heteroatoms. The van der Waals surface area contributed by atoms with E-state index in [0.29, 0.717) is 17.5 Å². The number of rotatable bonds is 4. The first-order valence-electron chi connectivity index (χ1n) is 14.3. The fourth-order valence-corrected chi connectivity index (χ4v) is 6.96. The second kappa shape index (κ2) is 10.0. The van der Waals surface area contributed by atoms with Gasteiger partial charge >= 0.3 is 0 Å². The van der Waals surface area contributed by atoms with E-state index in [0.717, 1.165) is 44.1 Å². The molecule has 0 unspecified atom stereocenters. The van der Waals surface area contributed by atoms with Crippen molar-refractivity contribution < 1.29 is 0 Å². The van der Waals surface area contributed by atoms with E-state index in [1.807, 2.05) is 42.5 Å². The zero-order chi connectivity index (χ0) is 29.0. The predicted molar refractivity (Wildman–Crippen MR) is 175 cm³/mol. The quantitative estimate of drug-likeness (QED) is 0.210. The van der Waals surface area contributed by atoms with Crippen LogP contribution in [0.2, 0.25) is 0 Å². The number of fused-ring (bicyclic) bond motifs is 5. The second-order valence-corrected chi connectivity index (χ2v) is 12.7. The summed E-state index contributed by atoms with van der Waals surface area (Å²) in [6.07, 6.45) is 0. The van der Waals surface area contributed by atoms with Crippen LogP contribution in [0.3, 0.4) is 0 Å². The van der Waals surface area contributed by atoms with Gasteiger partial charge in [-0.25, -0.2) is 19.9 Å². The maximum Gasteiger partial charge on any atom is 0.174 e. The lowest BCUT2D eigenvalue weighted by atomic mass is 9.95. The molecule has 0 saturated carbocycles. The highest BCUT2D eigenvalue weighted by Crippen LogP contribution is 2.51. The SMILES string of the molecule is CC1(C)Sc2nc3ccccc3n2-c2c(-c3nc(-c4ccccc4)nc(-c4ccc(-c5ccccc5)cc4)n3)cccc21. The van der Waals surface area contributed by atoms with Gasteiger partial charge in [-0.15, -0.1) is 0 Å². The first-order chi connectivity index (χ1) is 21.0. The molecule has 0 saturated heterocycles. The summed E-state index contributed by atoms with van der Waals surface area (Å²) < 4.78 is 2.09. The van der Waals surface area contributed by atoms with Gasteiger partial charge < -0.3 is 0 Å². The van der Waals surface area contributed by atoms with Crippen LogP contribution in [0.1, 0.15) is 19.4 Å². The summed E-state index contributed by atoms with van der Waals surface area (Å²) in [6.45, 7) is 4.51. The molecular weight excluding hydrogens is 547 g/mol. The van der Waals surface area contributed by atoms with Gasteiger partial charge in [0.2, 0.25) is 0 Å². The number of nitrogens with zero attached hydrogens (tertiary/aromatic N) is 5. The van der Waals surface area contributed by atoms with E-state index in [-0.39, 0.29) is 4.75 Å². The molecular formula is C37H27N5S. The van der Waals surface area contributed by atoms with E-state index in [9.17, 15) is 0 Å². The van der Waals surface area contributed by atoms with Gasteiger partial charge in [-0.2, -0.15) is 0 Å². The van der Waals surface area contributed by atoms with Crippen molar-refractivity contribution in [3.8, 4) is 51.0 Å². The molecule has 0 atom stereocenters. The lowest BCUT2D eigenvalue weighted by molar-refractivity contribution is 0.729. The van der Waals surface area contributed by atoms with Crippen LogP contribution in [0.25, 0.3) is 62.0 Å². The summed E-state index contributed by atoms with van der Waals surface area (Å²) in [7, 11) is 0. The first kappa shape index (κ1) is 25.6. The molecule has 0 fully saturated rings. The van der Waals surface area contributed by atoms with Crippen molar-refractivity contribution in [2.45, 2.75) is 23.8 Å². The fraction of sp³-hybridized carbons (Fsp3) is 0.0811. The standard InChI is InChI=1S/C37H27N5S/c1-37(2)29-17-11-16-28(32(29)42-31-19-10-9-18-30(31)38-36(42)43-37)35-40-33(26-14-7-4-8-15-26)39-34(41-35)27-22-20-25(21-23-27)24-12-5-3-6-13-24/h3-23H,1-2H3. The van der Waals surface area contributed by atoms with E-state index >= 15 is 0 Å². The van der Waals surface area contributed by atoms with Crippen LogP contribution in [0.5, 0.6) is 0 Å². The van der Waals surface area contributed by atoms with Gasteiger partial charge in [-0.1, -0.05) is 121 Å². The van der Waals surface area contributed by atoms with E-state index in [1.165, 1.54) is 11.1 Å². The van der Waals surface area contributed by atoms with Crippen molar-refractivity contribution in [2.75, 3.05) is 0 Å². The number of para-hydroxylation sites is 3. The third kappa shape index (κ3) is 4.42. The Morgan fingerprint density at radius 3 is 1.79 bits per heavy atom. The lowest BCUT2D eigenvalue weighted by Crippen LogP contribution is -2.22. The number of thioether (sulfide) groups is 1. The highest BCUT2D eigenvalue weighted by molar-refractivity contribution is 8.00. The third-order valence-corrected chi connectivity index (χ3v) is 9.13. The largest absolute Gasteiger partial charge is 0.286 e. The van der Waals surface area contributed by atoms with Crippen molar-refractivity contribution in [1.29, 1.82) is 0 Å². The van der Waals surface area contributed by atoms with Crippen LogP contribution in [0, 0.1) is 0 Å². The minimum absolute atomic E-state index is 0.186. The van der Waals surface area contributed by atoms with Crippen LogP contribution in [-0.4, -0.2) is 24.5 Å². The summed E-state index contributed by atoms with van der Waals surface area (Å²) in [5.74, 6) is 1.92. The predicted octanol–water partition coefficient (Wildman–Crippen LogP) is 9.22. The monoisotopic (exact) mass is 573 g/mol. The summed E-state index contributed by atoms with van der Waals surface area (Å²) in [5, 5.41) is 0.972. The Morgan fingerprint density at radius 2 is 1.07 bits per heavy atom. The van der Waals surface area contributed by atoms with Crippen molar-refractivity contribution in [2.24, 2.45) is 0 Å². The topological polar surface area (TPSA) is 56.5 Å². The van der Waals surface area contributed by atoms with Crippen LogP contribution in [-0.2, 0) is 4.75 Å². The summed E-state index contributed by atoms with van der Waals surface area (Å²) in [4.78, 5) is 20.2. The van der Waals surface area contributed by atoms with E-state index in [1.54, 1.807) is 11.8 Å². The van der Waals surface area contributed by atoms with Gasteiger partial charge in [0.15, 0.2) is 22.6 Å². The number of hydrogen-bond donors (Lipinski definition) is 0. The van der Waals surface area contributed by atoms with Gasteiger partial charge in [-0.3, -0.25) is 4.57 Å². The molecule has 0 bridgehead atoms. The molecule has 0 N–H and O–H groups in total. The maximum atomic E-state index is 5.13. The van der Waals surface area contributed by atoms with Crippen molar-refractivity contribution in [3.63, 3.8) is 0 Å². The molecule has 1 aliphatic rings. The van der Waals surface area contributed by atoms with Gasteiger partial charge in [0.1, 0.15) is 0 Å². The molecule has 0 amide bonds. The molecule has 0 aliphatic carbocycles. The van der Waals surface area contributed by atoms with Crippen molar-refractivity contribution in [1.82, 2.24) is 24.5 Å². The minimum Gasteiger partial charge on any atom is -0.286 e. The zero-order valence-corrected chi connectivity index (χ0v) is 24.6. The molecule has 43 heavy (non-hydrogen) atoms. The summed E-state index contributed by atoms with van der Waals surface area (Å²) in [5.41, 5.74) is 9.52. The Bertz CT molecular complexity index is 2120. The highest BCUT2D eigenvalue weighted by Gasteiger charge is 2.36. The van der Waals surface area contributed by atoms with Crippen LogP contribution < -0.4 is 0 Å². The van der Waals surface area contributed by atoms with E-state index in [2.05, 4.69) is 103 Å². The summed E-state index contributed by atoms with van der Waals surface area (Å²) >= 11 is 1.78. The smallest absolute Gasteiger partial charge is 0.174 e. The molecule has 5 aromatic carbocycles. The fourth-order valence-electron chi connectivity index (χ4n) is 5.81. The first-order valence-corrected chi connectivity index (χ1v) is 15.1. The third-order valence-electron chi connectivity index (χ3n) is 7.94. The van der Waals surface area contributed by atoms with Gasteiger partial charge in [0, 0.05) is 21.4 Å². The lowest BCUT2D eigenvalue weighted by Gasteiger charge is -2.33. The Balaban J connectivity index is 1.35. The molecule has 2 aromatic heterocycles. The van der Waals surface area contributed by atoms with Crippen molar-refractivity contribution in [3.05, 3.63) is 133 Å². The average Bonchev–Trinajstić information content (AvgIpc) is 3.42. The molecule has 206 valence electrons. The molecule has 8 rings (SSSR count). The Kier molecular flexibility index (Phi) is 5.98. The van der Waals surface area contributed by atoms with Gasteiger partial charge in [-0.05, 0) is 48.7 Å². The number of imidazole rings is 1. The highest BCUT2D eigenvalue weighted by atomic mass is 32.2. The summed E-state index contributed by atoms with van der Waals surface area (Å²) in [6, 6.07) is 43.7. The van der Waals surface area contributed by atoms with Gasteiger partial charge in [0.25, 0.3) is 0 Å². The second-order valence-electron chi connectivity index (χ2n) is 11.1. The number of benzene rings is 5. The Morgan fingerprint density at radius 1 is 0.512 bits per heavy atom. The number of hydrogen-bond acceptors (Lipinski definition) is 5. The number of aromatic nitrogens is 5. The zero-order valence-electron chi connectivity index (χ0n) is 23.8. The van der Waals surface area contributed by atoms with Crippen LogP contribution in [0.15, 0.2) is 133 Å². The molecule has 5 nitrogen and oxygen atoms in total. The molecule has 0 spiro atoms. The average molecular weight is 574 g/mol. The molecule has 7 aromatic rings. The molecule has 3 heterocycles. The van der Waals surface area contributed by atoms with Crippen LogP contribution >= 0.6 is 11.8 Å². The maximum absolute atomic E-state index is 5.13.